The molecule has 0 spiro atoms. The number of nitrogens with one attached hydrogen (secondary N) is 2. The first-order valence-corrected chi connectivity index (χ1v) is 6.30. The number of rotatable bonds is 3. The second-order valence-electron chi connectivity index (χ2n) is 4.23. The van der Waals surface area contributed by atoms with Gasteiger partial charge in [-0.05, 0) is 18.6 Å². The normalized spacial score (nSPS) is 16.4. The Hall–Kier alpha value is -0.480. The molecule has 1 aromatic rings. The highest BCUT2D eigenvalue weighted by Gasteiger charge is 2.26. The summed E-state index contributed by atoms with van der Waals surface area (Å²) in [6.07, 6.45) is 0. The summed E-state index contributed by atoms with van der Waals surface area (Å²) in [6, 6.07) is 5.31. The minimum atomic E-state index is -0.130. The van der Waals surface area contributed by atoms with Gasteiger partial charge >= 0.3 is 0 Å². The zero-order valence-electron chi connectivity index (χ0n) is 9.87. The number of benzene rings is 1. The molecule has 1 aromatic carbocycles. The van der Waals surface area contributed by atoms with Crippen LogP contribution in [0.2, 0.25) is 10.0 Å². The van der Waals surface area contributed by atoms with Gasteiger partial charge in [0.25, 0.3) is 0 Å². The second-order valence-corrected chi connectivity index (χ2v) is 5.01. The van der Waals surface area contributed by atoms with E-state index in [4.69, 9.17) is 23.2 Å². The minimum Gasteiger partial charge on any atom is -0.349 e. The van der Waals surface area contributed by atoms with Gasteiger partial charge in [-0.25, -0.2) is 0 Å². The van der Waals surface area contributed by atoms with Crippen molar-refractivity contribution in [2.75, 3.05) is 13.1 Å². The molecule has 1 aliphatic rings. The summed E-state index contributed by atoms with van der Waals surface area (Å²) in [5.74, 6) is 0.141. The van der Waals surface area contributed by atoms with E-state index < -0.39 is 0 Å². The fourth-order valence-corrected chi connectivity index (χ4v) is 2.21. The molecule has 0 radical (unpaired) electrons. The summed E-state index contributed by atoms with van der Waals surface area (Å²) in [7, 11) is 0. The van der Waals surface area contributed by atoms with E-state index in [-0.39, 0.29) is 30.3 Å². The molecule has 0 aromatic heterocycles. The predicted octanol–water partition coefficient (Wildman–Crippen LogP) is 2.81. The van der Waals surface area contributed by atoms with Crippen LogP contribution in [0.3, 0.4) is 0 Å². The third-order valence-corrected chi connectivity index (χ3v) is 3.79. The van der Waals surface area contributed by atoms with Crippen LogP contribution in [0, 0.1) is 5.92 Å². The van der Waals surface area contributed by atoms with Crippen LogP contribution in [-0.2, 0) is 4.79 Å². The second kappa shape index (κ2) is 6.62. The smallest absolute Gasteiger partial charge is 0.226 e. The number of amides is 1. The minimum absolute atomic E-state index is 0. The van der Waals surface area contributed by atoms with Crippen molar-refractivity contribution in [1.29, 1.82) is 0 Å². The van der Waals surface area contributed by atoms with Gasteiger partial charge in [-0.3, -0.25) is 4.79 Å². The average molecular weight is 310 g/mol. The molecular weight excluding hydrogens is 295 g/mol. The topological polar surface area (TPSA) is 41.1 Å². The molecule has 0 bridgehead atoms. The molecule has 2 rings (SSSR count). The highest BCUT2D eigenvalue weighted by Crippen LogP contribution is 2.29. The maximum Gasteiger partial charge on any atom is 0.226 e. The third-order valence-electron chi connectivity index (χ3n) is 2.96. The number of hydrogen-bond acceptors (Lipinski definition) is 2. The zero-order valence-corrected chi connectivity index (χ0v) is 12.2. The highest BCUT2D eigenvalue weighted by molar-refractivity contribution is 6.42. The van der Waals surface area contributed by atoms with Gasteiger partial charge in [0.05, 0.1) is 22.0 Å². The lowest BCUT2D eigenvalue weighted by atomic mass is 10.0. The van der Waals surface area contributed by atoms with E-state index in [0.29, 0.717) is 10.0 Å². The fourth-order valence-electron chi connectivity index (χ4n) is 1.74. The van der Waals surface area contributed by atoms with E-state index in [1.165, 1.54) is 0 Å². The van der Waals surface area contributed by atoms with Crippen molar-refractivity contribution in [2.24, 2.45) is 5.92 Å². The van der Waals surface area contributed by atoms with Gasteiger partial charge in [0.15, 0.2) is 0 Å². The molecule has 1 atom stereocenters. The number of carbonyl (C=O) groups excluding carboxylic acids is 1. The molecular formula is C12H15Cl3N2O. The standard InChI is InChI=1S/C12H14Cl2N2O.ClH/c1-7(16-12(17)8-5-15-6-8)9-3-2-4-10(13)11(9)14;/h2-4,7-8,15H,5-6H2,1H3,(H,16,17);1H. The number of halogens is 3. The van der Waals surface area contributed by atoms with Crippen molar-refractivity contribution in [1.82, 2.24) is 10.6 Å². The highest BCUT2D eigenvalue weighted by atomic mass is 35.5. The largest absolute Gasteiger partial charge is 0.349 e. The van der Waals surface area contributed by atoms with Gasteiger partial charge in [0.2, 0.25) is 5.91 Å². The summed E-state index contributed by atoms with van der Waals surface area (Å²) < 4.78 is 0. The molecule has 1 aliphatic heterocycles. The van der Waals surface area contributed by atoms with Crippen LogP contribution < -0.4 is 10.6 Å². The Morgan fingerprint density at radius 3 is 2.67 bits per heavy atom. The molecule has 0 aliphatic carbocycles. The summed E-state index contributed by atoms with van der Waals surface area (Å²) >= 11 is 12.0. The molecule has 6 heteroatoms. The summed E-state index contributed by atoms with van der Waals surface area (Å²) in [5.41, 5.74) is 0.847. The maximum absolute atomic E-state index is 11.8. The van der Waals surface area contributed by atoms with Crippen LogP contribution in [0.25, 0.3) is 0 Å². The van der Waals surface area contributed by atoms with E-state index in [1.807, 2.05) is 19.1 Å². The van der Waals surface area contributed by atoms with Crippen molar-refractivity contribution in [3.05, 3.63) is 33.8 Å². The first kappa shape index (κ1) is 15.6. The SMILES string of the molecule is CC(NC(=O)C1CNC1)c1cccc(Cl)c1Cl.Cl. The lowest BCUT2D eigenvalue weighted by Gasteiger charge is -2.27. The molecule has 18 heavy (non-hydrogen) atoms. The first-order valence-electron chi connectivity index (χ1n) is 5.54. The predicted molar refractivity (Wildman–Crippen MR) is 76.6 cm³/mol. The van der Waals surface area contributed by atoms with Gasteiger partial charge < -0.3 is 10.6 Å². The van der Waals surface area contributed by atoms with Crippen molar-refractivity contribution in [3.63, 3.8) is 0 Å². The van der Waals surface area contributed by atoms with Crippen LogP contribution in [0.15, 0.2) is 18.2 Å². The Morgan fingerprint density at radius 1 is 1.44 bits per heavy atom. The van der Waals surface area contributed by atoms with Crippen LogP contribution >= 0.6 is 35.6 Å². The van der Waals surface area contributed by atoms with Gasteiger partial charge in [-0.2, -0.15) is 0 Å². The quantitative estimate of drug-likeness (QED) is 0.901. The molecule has 3 nitrogen and oxygen atoms in total. The molecule has 1 fully saturated rings. The van der Waals surface area contributed by atoms with E-state index in [1.54, 1.807) is 6.07 Å². The Bertz CT molecular complexity index is 435. The molecule has 0 saturated carbocycles. The van der Waals surface area contributed by atoms with Crippen molar-refractivity contribution in [2.45, 2.75) is 13.0 Å². The fraction of sp³-hybridized carbons (Fsp3) is 0.417. The number of hydrogen-bond donors (Lipinski definition) is 2. The Morgan fingerprint density at radius 2 is 2.11 bits per heavy atom. The third kappa shape index (κ3) is 3.29. The molecule has 1 amide bonds. The summed E-state index contributed by atoms with van der Waals surface area (Å²) in [5, 5.41) is 7.03. The molecule has 1 heterocycles. The Balaban J connectivity index is 0.00000162. The van der Waals surface area contributed by atoms with Gasteiger partial charge in [0.1, 0.15) is 0 Å². The monoisotopic (exact) mass is 308 g/mol. The number of carbonyl (C=O) groups is 1. The van der Waals surface area contributed by atoms with Crippen LogP contribution in [0.4, 0.5) is 0 Å². The van der Waals surface area contributed by atoms with Crippen molar-refractivity contribution >= 4 is 41.5 Å². The van der Waals surface area contributed by atoms with E-state index >= 15 is 0 Å². The lowest BCUT2D eigenvalue weighted by Crippen LogP contribution is -2.51. The van der Waals surface area contributed by atoms with E-state index in [0.717, 1.165) is 18.7 Å². The molecule has 1 saturated heterocycles. The van der Waals surface area contributed by atoms with Crippen LogP contribution in [0.5, 0.6) is 0 Å². The summed E-state index contributed by atoms with van der Waals surface area (Å²) in [4.78, 5) is 11.8. The molecule has 100 valence electrons. The van der Waals surface area contributed by atoms with E-state index in [9.17, 15) is 4.79 Å². The maximum atomic E-state index is 11.8. The Labute approximate surface area is 123 Å². The van der Waals surface area contributed by atoms with Crippen molar-refractivity contribution < 1.29 is 4.79 Å². The lowest BCUT2D eigenvalue weighted by molar-refractivity contribution is -0.127. The van der Waals surface area contributed by atoms with E-state index in [2.05, 4.69) is 10.6 Å². The van der Waals surface area contributed by atoms with Gasteiger partial charge in [-0.15, -0.1) is 12.4 Å². The zero-order chi connectivity index (χ0) is 12.4. The Kier molecular flexibility index (Phi) is 5.73. The average Bonchev–Trinajstić information content (AvgIpc) is 2.19. The van der Waals surface area contributed by atoms with Crippen LogP contribution in [0.1, 0.15) is 18.5 Å². The first-order chi connectivity index (χ1) is 8.09. The summed E-state index contributed by atoms with van der Waals surface area (Å²) in [6.45, 7) is 3.41. The molecule has 1 unspecified atom stereocenters. The van der Waals surface area contributed by atoms with Gasteiger partial charge in [-0.1, -0.05) is 35.3 Å². The van der Waals surface area contributed by atoms with Crippen molar-refractivity contribution in [3.8, 4) is 0 Å². The van der Waals surface area contributed by atoms with Crippen LogP contribution in [-0.4, -0.2) is 19.0 Å². The van der Waals surface area contributed by atoms with Gasteiger partial charge in [0, 0.05) is 13.1 Å². The molecule has 2 N–H and O–H groups in total.